The molecule has 0 amide bonds. The monoisotopic (exact) mass is 240 g/mol. The summed E-state index contributed by atoms with van der Waals surface area (Å²) in [7, 11) is -2.24. The summed E-state index contributed by atoms with van der Waals surface area (Å²) >= 11 is 0. The molecule has 0 saturated carbocycles. The lowest BCUT2D eigenvalue weighted by molar-refractivity contribution is 0.474. The molecule has 0 spiro atoms. The number of aryl methyl sites for hydroxylation is 1. The van der Waals surface area contributed by atoms with Gasteiger partial charge < -0.3 is 10.1 Å². The highest BCUT2D eigenvalue weighted by Gasteiger charge is 2.18. The predicted octanol–water partition coefficient (Wildman–Crippen LogP) is 1.09. The number of fused-ring (bicyclic) bond motifs is 1. The molecule has 0 unspecified atom stereocenters. The van der Waals surface area contributed by atoms with Gasteiger partial charge in [-0.3, -0.25) is 0 Å². The Balaban J connectivity index is 2.89. The normalized spacial score (nSPS) is 12.1. The number of hydrogen-bond acceptors (Lipinski definition) is 3. The van der Waals surface area contributed by atoms with Crippen LogP contribution in [-0.2, 0) is 10.0 Å². The maximum Gasteiger partial charge on any atom is 0.242 e. The maximum atomic E-state index is 11.7. The molecule has 0 radical (unpaired) electrons. The fourth-order valence-electron chi connectivity index (χ4n) is 1.64. The van der Waals surface area contributed by atoms with Gasteiger partial charge in [0.1, 0.15) is 10.6 Å². The summed E-state index contributed by atoms with van der Waals surface area (Å²) in [6, 6.07) is 2.76. The Labute approximate surface area is 93.2 Å². The first-order chi connectivity index (χ1) is 7.45. The number of aromatic nitrogens is 1. The predicted molar refractivity (Wildman–Crippen MR) is 60.9 cm³/mol. The van der Waals surface area contributed by atoms with Crippen LogP contribution in [0.3, 0.4) is 0 Å². The molecule has 1 heterocycles. The summed E-state index contributed by atoms with van der Waals surface area (Å²) in [6.07, 6.45) is 1.71. The van der Waals surface area contributed by atoms with Crippen molar-refractivity contribution in [3.05, 3.63) is 23.9 Å². The van der Waals surface area contributed by atoms with E-state index in [1.807, 2.05) is 6.92 Å². The van der Waals surface area contributed by atoms with Gasteiger partial charge in [0.25, 0.3) is 0 Å². The summed E-state index contributed by atoms with van der Waals surface area (Å²) in [6.45, 7) is 1.84. The van der Waals surface area contributed by atoms with Crippen molar-refractivity contribution in [2.24, 2.45) is 0 Å². The fourth-order valence-corrected chi connectivity index (χ4v) is 2.57. The van der Waals surface area contributed by atoms with Crippen LogP contribution in [0.1, 0.15) is 5.56 Å². The Morgan fingerprint density at radius 3 is 2.69 bits per heavy atom. The second kappa shape index (κ2) is 3.50. The first kappa shape index (κ1) is 11.0. The first-order valence-electron chi connectivity index (χ1n) is 4.70. The summed E-state index contributed by atoms with van der Waals surface area (Å²) in [5.74, 6) is -0.0657. The molecule has 16 heavy (non-hydrogen) atoms. The molecule has 6 heteroatoms. The number of aromatic hydroxyl groups is 1. The standard InChI is InChI=1S/C10H12N2O3S/c1-6-5-12-10-8(6)3-7(13)4-9(10)16(14,15)11-2/h3-5,11-13H,1-2H3. The quantitative estimate of drug-likeness (QED) is 0.735. The molecule has 0 atom stereocenters. The molecule has 86 valence electrons. The number of nitrogens with one attached hydrogen (secondary N) is 2. The van der Waals surface area contributed by atoms with Gasteiger partial charge in [0.05, 0.1) is 5.52 Å². The number of H-pyrrole nitrogens is 1. The molecule has 2 aromatic rings. The minimum atomic E-state index is -3.58. The lowest BCUT2D eigenvalue weighted by Crippen LogP contribution is -2.18. The molecule has 1 aromatic carbocycles. The largest absolute Gasteiger partial charge is 0.508 e. The number of rotatable bonds is 2. The van der Waals surface area contributed by atoms with Gasteiger partial charge in [-0.25, -0.2) is 13.1 Å². The summed E-state index contributed by atoms with van der Waals surface area (Å²) in [5.41, 5.74) is 1.39. The van der Waals surface area contributed by atoms with E-state index in [4.69, 9.17) is 0 Å². The highest BCUT2D eigenvalue weighted by molar-refractivity contribution is 7.89. The van der Waals surface area contributed by atoms with Crippen LogP contribution in [0.4, 0.5) is 0 Å². The van der Waals surface area contributed by atoms with E-state index in [1.165, 1.54) is 19.2 Å². The zero-order valence-electron chi connectivity index (χ0n) is 8.90. The van der Waals surface area contributed by atoms with Gasteiger partial charge in [-0.1, -0.05) is 0 Å². The zero-order valence-corrected chi connectivity index (χ0v) is 9.72. The van der Waals surface area contributed by atoms with E-state index in [0.29, 0.717) is 10.9 Å². The van der Waals surface area contributed by atoms with Gasteiger partial charge in [0.15, 0.2) is 0 Å². The molecular weight excluding hydrogens is 228 g/mol. The van der Waals surface area contributed by atoms with Gasteiger partial charge in [0.2, 0.25) is 10.0 Å². The summed E-state index contributed by atoms with van der Waals surface area (Å²) in [5, 5.41) is 10.2. The lowest BCUT2D eigenvalue weighted by atomic mass is 10.2. The molecular formula is C10H12N2O3S. The number of benzene rings is 1. The van der Waals surface area contributed by atoms with Crippen molar-refractivity contribution in [3.8, 4) is 5.75 Å². The SMILES string of the molecule is CNS(=O)(=O)c1cc(O)cc2c(C)c[nH]c12. The molecule has 1 aromatic heterocycles. The van der Waals surface area contributed by atoms with Gasteiger partial charge in [-0.05, 0) is 25.6 Å². The van der Waals surface area contributed by atoms with E-state index in [2.05, 4.69) is 9.71 Å². The Bertz CT molecular complexity index is 643. The van der Waals surface area contributed by atoms with E-state index in [-0.39, 0.29) is 10.6 Å². The van der Waals surface area contributed by atoms with Crippen LogP contribution >= 0.6 is 0 Å². The van der Waals surface area contributed by atoms with Crippen LogP contribution in [0.25, 0.3) is 10.9 Å². The number of sulfonamides is 1. The van der Waals surface area contributed by atoms with E-state index in [0.717, 1.165) is 5.56 Å². The Morgan fingerprint density at radius 2 is 2.06 bits per heavy atom. The molecule has 3 N–H and O–H groups in total. The lowest BCUT2D eigenvalue weighted by Gasteiger charge is -2.05. The fraction of sp³-hybridized carbons (Fsp3) is 0.200. The number of phenols is 1. The second-order valence-electron chi connectivity index (χ2n) is 3.55. The third kappa shape index (κ3) is 1.56. The van der Waals surface area contributed by atoms with Crippen molar-refractivity contribution < 1.29 is 13.5 Å². The third-order valence-corrected chi connectivity index (χ3v) is 3.94. The highest BCUT2D eigenvalue weighted by atomic mass is 32.2. The average Bonchev–Trinajstić information content (AvgIpc) is 2.59. The average molecular weight is 240 g/mol. The Morgan fingerprint density at radius 1 is 1.38 bits per heavy atom. The highest BCUT2D eigenvalue weighted by Crippen LogP contribution is 2.29. The Hall–Kier alpha value is -1.53. The van der Waals surface area contributed by atoms with Crippen LogP contribution in [0.2, 0.25) is 0 Å². The number of aromatic amines is 1. The number of hydrogen-bond donors (Lipinski definition) is 3. The molecule has 0 aliphatic heterocycles. The first-order valence-corrected chi connectivity index (χ1v) is 6.18. The van der Waals surface area contributed by atoms with Crippen LogP contribution in [0.15, 0.2) is 23.2 Å². The minimum Gasteiger partial charge on any atom is -0.508 e. The van der Waals surface area contributed by atoms with Gasteiger partial charge in [0, 0.05) is 17.6 Å². The van der Waals surface area contributed by atoms with Crippen molar-refractivity contribution in [2.45, 2.75) is 11.8 Å². The van der Waals surface area contributed by atoms with Crippen molar-refractivity contribution in [1.82, 2.24) is 9.71 Å². The summed E-state index contributed by atoms with van der Waals surface area (Å²) in [4.78, 5) is 2.95. The topological polar surface area (TPSA) is 82.2 Å². The third-order valence-electron chi connectivity index (χ3n) is 2.50. The minimum absolute atomic E-state index is 0.0538. The molecule has 0 saturated heterocycles. The Kier molecular flexibility index (Phi) is 2.40. The molecule has 0 fully saturated rings. The van der Waals surface area contributed by atoms with Gasteiger partial charge in [-0.15, -0.1) is 0 Å². The van der Waals surface area contributed by atoms with E-state index >= 15 is 0 Å². The van der Waals surface area contributed by atoms with Gasteiger partial charge in [-0.2, -0.15) is 0 Å². The van der Waals surface area contributed by atoms with E-state index < -0.39 is 10.0 Å². The zero-order chi connectivity index (χ0) is 11.9. The van der Waals surface area contributed by atoms with Crippen molar-refractivity contribution in [2.75, 3.05) is 7.05 Å². The summed E-state index contributed by atoms with van der Waals surface area (Å²) < 4.78 is 25.7. The van der Waals surface area contributed by atoms with E-state index in [1.54, 1.807) is 6.20 Å². The van der Waals surface area contributed by atoms with Crippen molar-refractivity contribution >= 4 is 20.9 Å². The van der Waals surface area contributed by atoms with E-state index in [9.17, 15) is 13.5 Å². The van der Waals surface area contributed by atoms with Crippen molar-refractivity contribution in [3.63, 3.8) is 0 Å². The number of phenolic OH excluding ortho intramolecular Hbond substituents is 1. The molecule has 2 rings (SSSR count). The maximum absolute atomic E-state index is 11.7. The van der Waals surface area contributed by atoms with Gasteiger partial charge >= 0.3 is 0 Å². The van der Waals surface area contributed by atoms with Crippen LogP contribution in [-0.4, -0.2) is 25.6 Å². The smallest absolute Gasteiger partial charge is 0.242 e. The van der Waals surface area contributed by atoms with Crippen LogP contribution in [0.5, 0.6) is 5.75 Å². The van der Waals surface area contributed by atoms with Crippen LogP contribution in [0, 0.1) is 6.92 Å². The molecule has 5 nitrogen and oxygen atoms in total. The van der Waals surface area contributed by atoms with Crippen LogP contribution < -0.4 is 4.72 Å². The molecule has 0 aliphatic rings. The van der Waals surface area contributed by atoms with Crippen molar-refractivity contribution in [1.29, 1.82) is 0 Å². The molecule has 0 aliphatic carbocycles. The molecule has 0 bridgehead atoms. The second-order valence-corrected chi connectivity index (χ2v) is 5.40.